The van der Waals surface area contributed by atoms with Crippen LogP contribution in [-0.2, 0) is 6.42 Å². The number of aryl methyl sites for hydroxylation is 1. The molecule has 2 rings (SSSR count). The van der Waals surface area contributed by atoms with Crippen LogP contribution in [0.25, 0.3) is 0 Å². The summed E-state index contributed by atoms with van der Waals surface area (Å²) in [6, 6.07) is 12.8. The largest absolute Gasteiger partial charge is 0.545 e. The summed E-state index contributed by atoms with van der Waals surface area (Å²) in [6.45, 7) is 1.41. The maximum atomic E-state index is 11.0. The van der Waals surface area contributed by atoms with Crippen molar-refractivity contribution in [3.05, 3.63) is 65.5 Å². The Morgan fingerprint density at radius 1 is 1.08 bits per heavy atom. The van der Waals surface area contributed by atoms with Crippen LogP contribution >= 0.6 is 0 Å². The third kappa shape index (κ3) is 6.64. The summed E-state index contributed by atoms with van der Waals surface area (Å²) in [7, 11) is 0. The van der Waals surface area contributed by atoms with Crippen molar-refractivity contribution >= 4 is 5.97 Å². The number of carboxylic acid groups (broad SMARTS) is 1. The van der Waals surface area contributed by atoms with E-state index in [0.29, 0.717) is 18.7 Å². The molecule has 1 unspecified atom stereocenters. The van der Waals surface area contributed by atoms with Crippen LogP contribution in [0.15, 0.2) is 48.7 Å². The second-order valence-electron chi connectivity index (χ2n) is 6.08. The first-order valence-corrected chi connectivity index (χ1v) is 8.77. The van der Waals surface area contributed by atoms with Crippen LogP contribution in [-0.4, -0.2) is 29.1 Å². The molecule has 1 atom stereocenters. The van der Waals surface area contributed by atoms with E-state index in [0.717, 1.165) is 37.8 Å². The zero-order valence-corrected chi connectivity index (χ0v) is 14.4. The van der Waals surface area contributed by atoms with Crippen LogP contribution in [0.4, 0.5) is 0 Å². The SMILES string of the molecule is O=C([O-])c1cccnc1CCCCCCNCC(O)c1ccccc1. The van der Waals surface area contributed by atoms with Crippen molar-refractivity contribution in [2.45, 2.75) is 38.2 Å². The van der Waals surface area contributed by atoms with Gasteiger partial charge in [0.05, 0.1) is 12.1 Å². The van der Waals surface area contributed by atoms with Crippen LogP contribution in [0.2, 0.25) is 0 Å². The second kappa shape index (κ2) is 10.6. The minimum absolute atomic E-state index is 0.194. The molecule has 0 radical (unpaired) electrons. The molecule has 25 heavy (non-hydrogen) atoms. The van der Waals surface area contributed by atoms with Gasteiger partial charge >= 0.3 is 0 Å². The van der Waals surface area contributed by atoms with Crippen molar-refractivity contribution in [2.75, 3.05) is 13.1 Å². The van der Waals surface area contributed by atoms with Crippen LogP contribution in [0.1, 0.15) is 53.4 Å². The molecule has 5 nitrogen and oxygen atoms in total. The molecule has 0 saturated heterocycles. The zero-order chi connectivity index (χ0) is 17.9. The van der Waals surface area contributed by atoms with Gasteiger partial charge in [0.2, 0.25) is 0 Å². The highest BCUT2D eigenvalue weighted by molar-refractivity contribution is 5.86. The molecule has 2 N–H and O–H groups in total. The van der Waals surface area contributed by atoms with Gasteiger partial charge in [0.1, 0.15) is 0 Å². The van der Waals surface area contributed by atoms with Gasteiger partial charge in [-0.3, -0.25) is 4.98 Å². The molecule has 1 aromatic carbocycles. The summed E-state index contributed by atoms with van der Waals surface area (Å²) in [5, 5.41) is 24.3. The van der Waals surface area contributed by atoms with Gasteiger partial charge in [-0.15, -0.1) is 0 Å². The summed E-state index contributed by atoms with van der Waals surface area (Å²) in [5.74, 6) is -1.16. The Morgan fingerprint density at radius 3 is 2.60 bits per heavy atom. The summed E-state index contributed by atoms with van der Waals surface area (Å²) in [5.41, 5.74) is 1.72. The number of unbranched alkanes of at least 4 members (excludes halogenated alkanes) is 3. The average Bonchev–Trinajstić information content (AvgIpc) is 2.64. The third-order valence-corrected chi connectivity index (χ3v) is 4.15. The molecule has 0 saturated carbocycles. The summed E-state index contributed by atoms with van der Waals surface area (Å²) >= 11 is 0. The van der Waals surface area contributed by atoms with Crippen molar-refractivity contribution in [1.29, 1.82) is 0 Å². The highest BCUT2D eigenvalue weighted by atomic mass is 16.4. The smallest absolute Gasteiger partial charge is 0.0914 e. The lowest BCUT2D eigenvalue weighted by molar-refractivity contribution is -0.255. The molecule has 0 aliphatic heterocycles. The molecule has 0 spiro atoms. The van der Waals surface area contributed by atoms with Gasteiger partial charge < -0.3 is 20.3 Å². The predicted octanol–water partition coefficient (Wildman–Crippen LogP) is 1.87. The van der Waals surface area contributed by atoms with E-state index < -0.39 is 12.1 Å². The maximum Gasteiger partial charge on any atom is 0.0914 e. The van der Waals surface area contributed by atoms with E-state index in [-0.39, 0.29) is 5.56 Å². The first-order valence-electron chi connectivity index (χ1n) is 8.77. The predicted molar refractivity (Wildman–Crippen MR) is 95.0 cm³/mol. The number of aromatic nitrogens is 1. The Morgan fingerprint density at radius 2 is 1.84 bits per heavy atom. The number of pyridine rings is 1. The molecular formula is C20H25N2O3-. The fourth-order valence-corrected chi connectivity index (χ4v) is 2.75. The molecule has 1 aromatic heterocycles. The van der Waals surface area contributed by atoms with Gasteiger partial charge in [-0.05, 0) is 43.5 Å². The number of rotatable bonds is 11. The lowest BCUT2D eigenvalue weighted by atomic mass is 10.1. The number of nitrogens with zero attached hydrogens (tertiary/aromatic N) is 1. The van der Waals surface area contributed by atoms with Gasteiger partial charge in [0.25, 0.3) is 0 Å². The van der Waals surface area contributed by atoms with Gasteiger partial charge in [-0.1, -0.05) is 43.2 Å². The molecule has 5 heteroatoms. The Balaban J connectivity index is 1.55. The standard InChI is InChI=1S/C20H26N2O3/c23-19(16-9-4-3-5-10-16)15-21-13-7-2-1-6-12-18-17(20(24)25)11-8-14-22-18/h3-5,8-11,14,19,21,23H,1-2,6-7,12-13,15H2,(H,24,25)/p-1. The van der Waals surface area contributed by atoms with Crippen molar-refractivity contribution in [2.24, 2.45) is 0 Å². The van der Waals surface area contributed by atoms with E-state index in [1.807, 2.05) is 30.3 Å². The van der Waals surface area contributed by atoms with Crippen LogP contribution in [0, 0.1) is 0 Å². The molecule has 0 bridgehead atoms. The normalized spacial score (nSPS) is 12.0. The molecule has 1 heterocycles. The topological polar surface area (TPSA) is 85.3 Å². The van der Waals surface area contributed by atoms with Crippen molar-refractivity contribution in [3.63, 3.8) is 0 Å². The second-order valence-corrected chi connectivity index (χ2v) is 6.08. The molecule has 0 aliphatic rings. The molecule has 0 amide bonds. The van der Waals surface area contributed by atoms with Gasteiger partial charge in [-0.2, -0.15) is 0 Å². The van der Waals surface area contributed by atoms with E-state index in [9.17, 15) is 15.0 Å². The lowest BCUT2D eigenvalue weighted by Crippen LogP contribution is -2.24. The summed E-state index contributed by atoms with van der Waals surface area (Å²) in [6.07, 6.45) is 5.80. The Bertz CT molecular complexity index is 646. The van der Waals surface area contributed by atoms with E-state index in [4.69, 9.17) is 0 Å². The average molecular weight is 341 g/mol. The summed E-state index contributed by atoms with van der Waals surface area (Å²) in [4.78, 5) is 15.1. The molecule has 2 aromatic rings. The monoisotopic (exact) mass is 341 g/mol. The quantitative estimate of drug-likeness (QED) is 0.610. The summed E-state index contributed by atoms with van der Waals surface area (Å²) < 4.78 is 0. The van der Waals surface area contributed by atoms with Gasteiger partial charge in [0, 0.05) is 24.0 Å². The fourth-order valence-electron chi connectivity index (χ4n) is 2.75. The van der Waals surface area contributed by atoms with Crippen LogP contribution < -0.4 is 10.4 Å². The molecular weight excluding hydrogens is 316 g/mol. The number of aromatic carboxylic acids is 1. The third-order valence-electron chi connectivity index (χ3n) is 4.15. The first kappa shape index (κ1) is 19.1. The number of benzene rings is 1. The maximum absolute atomic E-state index is 11.0. The van der Waals surface area contributed by atoms with Crippen molar-refractivity contribution in [1.82, 2.24) is 10.3 Å². The highest BCUT2D eigenvalue weighted by Crippen LogP contribution is 2.11. The lowest BCUT2D eigenvalue weighted by Gasteiger charge is -2.12. The first-order chi connectivity index (χ1) is 12.2. The number of hydrogen-bond acceptors (Lipinski definition) is 5. The van der Waals surface area contributed by atoms with E-state index in [2.05, 4.69) is 10.3 Å². The number of hydrogen-bond donors (Lipinski definition) is 2. The Labute approximate surface area is 148 Å². The Kier molecular flexibility index (Phi) is 8.09. The molecule has 134 valence electrons. The fraction of sp³-hybridized carbons (Fsp3) is 0.400. The number of aliphatic hydroxyl groups is 1. The minimum Gasteiger partial charge on any atom is -0.545 e. The Hall–Kier alpha value is -2.24. The van der Waals surface area contributed by atoms with Gasteiger partial charge in [-0.25, -0.2) is 0 Å². The minimum atomic E-state index is -1.16. The number of aliphatic hydroxyl groups excluding tert-OH is 1. The van der Waals surface area contributed by atoms with Gasteiger partial charge in [0.15, 0.2) is 0 Å². The van der Waals surface area contributed by atoms with Crippen molar-refractivity contribution < 1.29 is 15.0 Å². The number of nitrogens with one attached hydrogen (secondary N) is 1. The van der Waals surface area contributed by atoms with E-state index in [1.165, 1.54) is 0 Å². The van der Waals surface area contributed by atoms with Crippen molar-refractivity contribution in [3.8, 4) is 0 Å². The van der Waals surface area contributed by atoms with Crippen LogP contribution in [0.5, 0.6) is 0 Å². The number of carboxylic acids is 1. The number of carbonyl (C=O) groups is 1. The molecule has 0 fully saturated rings. The van der Waals surface area contributed by atoms with E-state index >= 15 is 0 Å². The van der Waals surface area contributed by atoms with Crippen LogP contribution in [0.3, 0.4) is 0 Å². The van der Waals surface area contributed by atoms with E-state index in [1.54, 1.807) is 18.3 Å². The highest BCUT2D eigenvalue weighted by Gasteiger charge is 2.06. The number of carbonyl (C=O) groups excluding carboxylic acids is 1. The zero-order valence-electron chi connectivity index (χ0n) is 14.4. The molecule has 0 aliphatic carbocycles.